The second kappa shape index (κ2) is 8.42. The molecule has 0 aliphatic heterocycles. The normalized spacial score (nSPS) is 46.0. The maximum Gasteiger partial charge on any atom is 0.0599 e. The van der Waals surface area contributed by atoms with E-state index in [1.807, 2.05) is 5.57 Å². The molecule has 4 saturated carbocycles. The van der Waals surface area contributed by atoms with Crippen LogP contribution in [-0.4, -0.2) is 11.2 Å². The number of aliphatic hydroxyl groups is 1. The van der Waals surface area contributed by atoms with E-state index in [0.717, 1.165) is 41.9 Å². The molecule has 1 N–H and O–H groups in total. The molecule has 0 aromatic carbocycles. The molecule has 0 bridgehead atoms. The molecule has 0 aromatic heterocycles. The first-order chi connectivity index (χ1) is 15.2. The zero-order valence-corrected chi connectivity index (χ0v) is 22.0. The largest absolute Gasteiger partial charge is 0.393 e. The Morgan fingerprint density at radius 1 is 0.875 bits per heavy atom. The first kappa shape index (κ1) is 23.4. The van der Waals surface area contributed by atoms with Crippen molar-refractivity contribution in [3.63, 3.8) is 0 Å². The van der Waals surface area contributed by atoms with Crippen LogP contribution >= 0.6 is 0 Å². The highest BCUT2D eigenvalue weighted by atomic mass is 16.3. The topological polar surface area (TPSA) is 20.2 Å². The van der Waals surface area contributed by atoms with Crippen LogP contribution in [0.3, 0.4) is 0 Å². The molecule has 4 fully saturated rings. The van der Waals surface area contributed by atoms with E-state index in [4.69, 9.17) is 0 Å². The van der Waals surface area contributed by atoms with Gasteiger partial charge in [0, 0.05) is 0 Å². The van der Waals surface area contributed by atoms with Crippen LogP contribution in [0.15, 0.2) is 11.6 Å². The molecule has 1 heteroatoms. The molecule has 2 unspecified atom stereocenters. The van der Waals surface area contributed by atoms with Crippen molar-refractivity contribution >= 4 is 0 Å². The van der Waals surface area contributed by atoms with Crippen LogP contribution in [0.5, 0.6) is 0 Å². The van der Waals surface area contributed by atoms with E-state index < -0.39 is 0 Å². The highest BCUT2D eigenvalue weighted by molar-refractivity contribution is 5.29. The van der Waals surface area contributed by atoms with E-state index >= 15 is 0 Å². The Bertz CT molecular complexity index is 714. The highest BCUT2D eigenvalue weighted by Crippen LogP contribution is 2.70. The van der Waals surface area contributed by atoms with Gasteiger partial charge in [-0.3, -0.25) is 0 Å². The fraction of sp³-hybridized carbons (Fsp3) is 0.935. The van der Waals surface area contributed by atoms with Gasteiger partial charge in [-0.15, -0.1) is 0 Å². The summed E-state index contributed by atoms with van der Waals surface area (Å²) in [6.45, 7) is 12.7. The molecule has 32 heavy (non-hydrogen) atoms. The van der Waals surface area contributed by atoms with Crippen molar-refractivity contribution < 1.29 is 5.11 Å². The third kappa shape index (κ3) is 3.41. The van der Waals surface area contributed by atoms with Gasteiger partial charge in [-0.05, 0) is 110 Å². The molecule has 0 saturated heterocycles. The number of hydrogen-bond acceptors (Lipinski definition) is 1. The van der Waals surface area contributed by atoms with E-state index in [1.54, 1.807) is 0 Å². The number of fused-ring (bicyclic) bond motifs is 6. The molecular formula is C31H52O. The molecule has 182 valence electrons. The second-order valence-corrected chi connectivity index (χ2v) is 14.1. The van der Waals surface area contributed by atoms with Crippen molar-refractivity contribution in [1.82, 2.24) is 0 Å². The van der Waals surface area contributed by atoms with Gasteiger partial charge in [0.05, 0.1) is 6.10 Å². The molecular weight excluding hydrogens is 388 g/mol. The number of aliphatic hydroxyl groups excluding tert-OH is 1. The summed E-state index contributed by atoms with van der Waals surface area (Å²) >= 11 is 0. The molecule has 1 nitrogen and oxygen atoms in total. The lowest BCUT2D eigenvalue weighted by Gasteiger charge is -2.62. The van der Waals surface area contributed by atoms with Gasteiger partial charge in [0.2, 0.25) is 0 Å². The van der Waals surface area contributed by atoms with Crippen LogP contribution in [0.25, 0.3) is 0 Å². The molecule has 0 heterocycles. The van der Waals surface area contributed by atoms with E-state index in [1.165, 1.54) is 83.5 Å². The van der Waals surface area contributed by atoms with Crippen molar-refractivity contribution in [2.24, 2.45) is 51.8 Å². The lowest BCUT2D eigenvalue weighted by atomic mass is 9.42. The Labute approximate surface area is 199 Å². The summed E-state index contributed by atoms with van der Waals surface area (Å²) in [7, 11) is 0. The molecule has 0 radical (unpaired) electrons. The summed E-state index contributed by atoms with van der Waals surface area (Å²) < 4.78 is 0. The lowest BCUT2D eigenvalue weighted by molar-refractivity contribution is -0.139. The summed E-state index contributed by atoms with van der Waals surface area (Å²) in [5, 5.41) is 11.2. The van der Waals surface area contributed by atoms with E-state index in [9.17, 15) is 5.11 Å². The van der Waals surface area contributed by atoms with Crippen LogP contribution < -0.4 is 0 Å². The van der Waals surface area contributed by atoms with Crippen molar-refractivity contribution in [3.8, 4) is 0 Å². The van der Waals surface area contributed by atoms with Gasteiger partial charge in [-0.1, -0.05) is 78.4 Å². The van der Waals surface area contributed by atoms with Crippen molar-refractivity contribution in [2.45, 2.75) is 131 Å². The Morgan fingerprint density at radius 3 is 2.28 bits per heavy atom. The van der Waals surface area contributed by atoms with Gasteiger partial charge in [-0.25, -0.2) is 0 Å². The van der Waals surface area contributed by atoms with E-state index in [0.29, 0.717) is 10.8 Å². The number of hydrogen-bond donors (Lipinski definition) is 1. The first-order valence-electron chi connectivity index (χ1n) is 14.6. The highest BCUT2D eigenvalue weighted by Gasteiger charge is 2.63. The van der Waals surface area contributed by atoms with Gasteiger partial charge in [0.15, 0.2) is 0 Å². The molecule has 5 aliphatic carbocycles. The first-order valence-corrected chi connectivity index (χ1v) is 14.6. The number of allylic oxidation sites excluding steroid dienone is 2. The number of rotatable bonds is 5. The molecule has 0 aromatic rings. The van der Waals surface area contributed by atoms with Crippen LogP contribution in [0.2, 0.25) is 0 Å². The van der Waals surface area contributed by atoms with E-state index in [-0.39, 0.29) is 11.5 Å². The minimum atomic E-state index is -0.0329. The predicted molar refractivity (Wildman–Crippen MR) is 135 cm³/mol. The minimum Gasteiger partial charge on any atom is -0.393 e. The van der Waals surface area contributed by atoms with Gasteiger partial charge in [0.1, 0.15) is 0 Å². The quantitative estimate of drug-likeness (QED) is 0.424. The fourth-order valence-electron chi connectivity index (χ4n) is 10.7. The Kier molecular flexibility index (Phi) is 6.17. The van der Waals surface area contributed by atoms with Crippen LogP contribution in [-0.2, 0) is 0 Å². The zero-order valence-electron chi connectivity index (χ0n) is 22.0. The fourth-order valence-corrected chi connectivity index (χ4v) is 10.7. The second-order valence-electron chi connectivity index (χ2n) is 14.1. The van der Waals surface area contributed by atoms with Gasteiger partial charge in [0.25, 0.3) is 0 Å². The predicted octanol–water partition coefficient (Wildman–Crippen LogP) is 8.56. The van der Waals surface area contributed by atoms with Crippen molar-refractivity contribution in [1.29, 1.82) is 0 Å². The van der Waals surface area contributed by atoms with E-state index in [2.05, 4.69) is 40.7 Å². The monoisotopic (exact) mass is 440 g/mol. The minimum absolute atomic E-state index is 0.0329. The molecule has 1 spiro atoms. The Balaban J connectivity index is 1.38. The van der Waals surface area contributed by atoms with Gasteiger partial charge >= 0.3 is 0 Å². The van der Waals surface area contributed by atoms with Crippen molar-refractivity contribution in [2.75, 3.05) is 0 Å². The third-order valence-electron chi connectivity index (χ3n) is 12.3. The molecule has 5 rings (SSSR count). The van der Waals surface area contributed by atoms with Crippen molar-refractivity contribution in [3.05, 3.63) is 11.6 Å². The lowest BCUT2D eigenvalue weighted by Crippen LogP contribution is -2.57. The standard InChI is InChI=1S/C31H52O/c1-21(2)9-8-10-22(3)24-12-13-25-23-11-14-27-30(5,26(23)15-19-29(24,25)4)20-16-28(32)31(27)17-6-7-18-31/h11,21-22,24-28,32H,6-10,12-20H2,1-5H3/t22-,24-,25+,26+,27?,28?,29-,30-/m1/s1. The van der Waals surface area contributed by atoms with Gasteiger partial charge < -0.3 is 5.11 Å². The Morgan fingerprint density at radius 2 is 1.56 bits per heavy atom. The summed E-state index contributed by atoms with van der Waals surface area (Å²) in [5.74, 6) is 5.05. The Hall–Kier alpha value is -0.300. The maximum absolute atomic E-state index is 11.2. The molecule has 8 atom stereocenters. The van der Waals surface area contributed by atoms with Crippen LogP contribution in [0.1, 0.15) is 125 Å². The average Bonchev–Trinajstić information content (AvgIpc) is 3.36. The average molecular weight is 441 g/mol. The van der Waals surface area contributed by atoms with Crippen LogP contribution in [0, 0.1) is 51.8 Å². The van der Waals surface area contributed by atoms with Gasteiger partial charge in [-0.2, -0.15) is 0 Å². The summed E-state index contributed by atoms with van der Waals surface area (Å²) in [4.78, 5) is 0. The summed E-state index contributed by atoms with van der Waals surface area (Å²) in [5.41, 5.74) is 3.13. The SMILES string of the molecule is CC(C)CCC[C@@H](C)[C@H]1CC[C@H]2C3=CCC4C5(CCCC5)C(O)CC[C@]4(C)[C@H]3CC[C@]12C. The van der Waals surface area contributed by atoms with Crippen LogP contribution in [0.4, 0.5) is 0 Å². The molecule has 0 amide bonds. The summed E-state index contributed by atoms with van der Waals surface area (Å²) in [6, 6.07) is 0. The zero-order chi connectivity index (χ0) is 22.7. The summed E-state index contributed by atoms with van der Waals surface area (Å²) in [6.07, 6.45) is 21.7. The molecule has 5 aliphatic rings. The third-order valence-corrected chi connectivity index (χ3v) is 12.3. The smallest absolute Gasteiger partial charge is 0.0599 e. The maximum atomic E-state index is 11.2.